The molecule has 4 unspecified atom stereocenters. The van der Waals surface area contributed by atoms with E-state index in [1.54, 1.807) is 6.08 Å². The van der Waals surface area contributed by atoms with E-state index >= 15 is 0 Å². The van der Waals surface area contributed by atoms with Crippen LogP contribution in [0, 0.1) is 0 Å². The Kier molecular flexibility index (Phi) is 2.83. The number of nitrogens with zero attached hydrogens (tertiary/aromatic N) is 2. The van der Waals surface area contributed by atoms with Gasteiger partial charge in [0.2, 0.25) is 0 Å². The molecular formula is C17H22F2N2O2. The number of esters is 1. The van der Waals surface area contributed by atoms with E-state index in [0.717, 1.165) is 37.8 Å². The molecule has 4 fully saturated rings. The monoisotopic (exact) mass is 324 g/mol. The molecule has 4 atom stereocenters. The summed E-state index contributed by atoms with van der Waals surface area (Å²) in [5.41, 5.74) is 0.620. The first-order valence-corrected chi connectivity index (χ1v) is 8.80. The summed E-state index contributed by atoms with van der Waals surface area (Å²) in [6.45, 7) is 1.33. The maximum atomic E-state index is 13.7. The van der Waals surface area contributed by atoms with Crippen molar-refractivity contribution in [3.8, 4) is 0 Å². The highest BCUT2D eigenvalue weighted by atomic mass is 19.3. The average molecular weight is 324 g/mol. The molecule has 0 aromatic carbocycles. The zero-order valence-electron chi connectivity index (χ0n) is 13.1. The zero-order valence-corrected chi connectivity index (χ0v) is 13.1. The maximum Gasteiger partial charge on any atom is 0.331 e. The van der Waals surface area contributed by atoms with Crippen LogP contribution in [0.3, 0.4) is 0 Å². The lowest BCUT2D eigenvalue weighted by Gasteiger charge is -2.40. The van der Waals surface area contributed by atoms with Gasteiger partial charge in [-0.2, -0.15) is 0 Å². The lowest BCUT2D eigenvalue weighted by molar-refractivity contribution is -0.148. The predicted molar refractivity (Wildman–Crippen MR) is 79.2 cm³/mol. The van der Waals surface area contributed by atoms with Gasteiger partial charge in [0.1, 0.15) is 0 Å². The molecule has 0 radical (unpaired) electrons. The number of halogens is 2. The third kappa shape index (κ3) is 1.91. The van der Waals surface area contributed by atoms with Crippen molar-refractivity contribution in [1.29, 1.82) is 0 Å². The van der Waals surface area contributed by atoms with E-state index in [4.69, 9.17) is 4.74 Å². The minimum absolute atomic E-state index is 0.0424. The van der Waals surface area contributed by atoms with Crippen LogP contribution in [0.4, 0.5) is 8.78 Å². The number of carbonyl (C=O) groups excluding carboxylic acids is 1. The molecule has 1 saturated carbocycles. The van der Waals surface area contributed by atoms with E-state index in [1.807, 2.05) is 4.90 Å². The Morgan fingerprint density at radius 1 is 1.22 bits per heavy atom. The highest BCUT2D eigenvalue weighted by Crippen LogP contribution is 2.55. The second kappa shape index (κ2) is 4.54. The minimum Gasteiger partial charge on any atom is -0.450 e. The number of carbonyl (C=O) groups is 1. The largest absolute Gasteiger partial charge is 0.450 e. The van der Waals surface area contributed by atoms with Crippen molar-refractivity contribution in [2.45, 2.75) is 68.2 Å². The molecular weight excluding hydrogens is 302 g/mol. The summed E-state index contributed by atoms with van der Waals surface area (Å²) >= 11 is 0. The number of alkyl halides is 2. The van der Waals surface area contributed by atoms with E-state index in [0.29, 0.717) is 13.0 Å². The second-order valence-corrected chi connectivity index (χ2v) is 7.85. The molecule has 0 aromatic heterocycles. The molecule has 23 heavy (non-hydrogen) atoms. The van der Waals surface area contributed by atoms with Gasteiger partial charge in [-0.1, -0.05) is 6.42 Å². The van der Waals surface area contributed by atoms with E-state index in [1.165, 1.54) is 0 Å². The molecule has 5 aliphatic rings. The van der Waals surface area contributed by atoms with Gasteiger partial charge >= 0.3 is 5.97 Å². The van der Waals surface area contributed by atoms with Crippen molar-refractivity contribution < 1.29 is 18.3 Å². The van der Waals surface area contributed by atoms with E-state index < -0.39 is 11.5 Å². The molecule has 4 nitrogen and oxygen atoms in total. The molecule has 6 heteroatoms. The van der Waals surface area contributed by atoms with Crippen molar-refractivity contribution in [2.75, 3.05) is 19.6 Å². The number of ether oxygens (including phenoxy) is 1. The summed E-state index contributed by atoms with van der Waals surface area (Å²) in [6, 6.07) is 0.602. The summed E-state index contributed by atoms with van der Waals surface area (Å²) in [5, 5.41) is 0. The highest BCUT2D eigenvalue weighted by molar-refractivity contribution is 5.87. The smallest absolute Gasteiger partial charge is 0.331 e. The molecule has 0 N–H and O–H groups in total. The van der Waals surface area contributed by atoms with E-state index in [-0.39, 0.29) is 37.1 Å². The first kappa shape index (κ1) is 14.3. The normalized spacial score (nSPS) is 45.6. The van der Waals surface area contributed by atoms with Crippen LogP contribution in [0.25, 0.3) is 0 Å². The van der Waals surface area contributed by atoms with Crippen LogP contribution >= 0.6 is 0 Å². The van der Waals surface area contributed by atoms with Gasteiger partial charge in [0.05, 0.1) is 12.6 Å². The van der Waals surface area contributed by atoms with Gasteiger partial charge in [0, 0.05) is 37.5 Å². The van der Waals surface area contributed by atoms with Gasteiger partial charge in [-0.05, 0) is 31.4 Å². The van der Waals surface area contributed by atoms with Gasteiger partial charge in [0.15, 0.2) is 5.60 Å². The molecule has 126 valence electrons. The third-order valence-corrected chi connectivity index (χ3v) is 6.68. The molecule has 5 rings (SSSR count). The van der Waals surface area contributed by atoms with Crippen molar-refractivity contribution in [3.63, 3.8) is 0 Å². The van der Waals surface area contributed by atoms with Gasteiger partial charge in [-0.25, -0.2) is 13.6 Å². The summed E-state index contributed by atoms with van der Waals surface area (Å²) in [4.78, 5) is 16.4. The molecule has 0 amide bonds. The van der Waals surface area contributed by atoms with Gasteiger partial charge in [-0.3, -0.25) is 9.80 Å². The molecule has 0 aromatic rings. The Labute approximate surface area is 134 Å². The molecule has 3 saturated heterocycles. The fraction of sp³-hybridized carbons (Fsp3) is 0.824. The Hall–Kier alpha value is -1.01. The Morgan fingerprint density at radius 3 is 2.87 bits per heavy atom. The quantitative estimate of drug-likeness (QED) is 0.690. The number of likely N-dealkylation sites (tertiary alicyclic amines) is 1. The Balaban J connectivity index is 1.51. The van der Waals surface area contributed by atoms with E-state index in [2.05, 4.69) is 4.90 Å². The maximum absolute atomic E-state index is 13.7. The van der Waals surface area contributed by atoms with Crippen LogP contribution in [0.15, 0.2) is 11.6 Å². The fourth-order valence-electron chi connectivity index (χ4n) is 5.78. The van der Waals surface area contributed by atoms with Gasteiger partial charge < -0.3 is 4.74 Å². The van der Waals surface area contributed by atoms with Crippen molar-refractivity contribution in [3.05, 3.63) is 11.6 Å². The minimum atomic E-state index is -2.56. The fourth-order valence-corrected chi connectivity index (χ4v) is 5.78. The molecule has 1 spiro atoms. The Bertz CT molecular complexity index is 593. The van der Waals surface area contributed by atoms with Crippen LogP contribution in [-0.2, 0) is 9.53 Å². The first-order chi connectivity index (χ1) is 11.0. The van der Waals surface area contributed by atoms with Crippen LogP contribution < -0.4 is 0 Å². The van der Waals surface area contributed by atoms with Gasteiger partial charge in [-0.15, -0.1) is 0 Å². The second-order valence-electron chi connectivity index (χ2n) is 7.85. The van der Waals surface area contributed by atoms with E-state index in [9.17, 15) is 13.6 Å². The van der Waals surface area contributed by atoms with Crippen LogP contribution in [0.1, 0.15) is 38.5 Å². The number of hydrogen-bond donors (Lipinski definition) is 0. The number of fused-ring (bicyclic) bond motifs is 3. The molecule has 1 aliphatic carbocycles. The zero-order chi connectivity index (χ0) is 15.8. The Morgan fingerprint density at radius 2 is 2.09 bits per heavy atom. The highest BCUT2D eigenvalue weighted by Gasteiger charge is 2.65. The van der Waals surface area contributed by atoms with Crippen molar-refractivity contribution >= 4 is 5.97 Å². The SMILES string of the molecule is O=C1C=C2CC(N3CCC(F)(F)C3)C3CC2(O1)C1CCCCN31. The first-order valence-electron chi connectivity index (χ1n) is 8.80. The van der Waals surface area contributed by atoms with Crippen LogP contribution in [0.5, 0.6) is 0 Å². The lowest BCUT2D eigenvalue weighted by Crippen LogP contribution is -2.51. The van der Waals surface area contributed by atoms with Crippen LogP contribution in [0.2, 0.25) is 0 Å². The third-order valence-electron chi connectivity index (χ3n) is 6.68. The average Bonchev–Trinajstić information content (AvgIpc) is 3.12. The summed E-state index contributed by atoms with van der Waals surface area (Å²) < 4.78 is 33.2. The van der Waals surface area contributed by atoms with Crippen molar-refractivity contribution in [1.82, 2.24) is 9.80 Å². The molecule has 2 bridgehead atoms. The molecule has 4 heterocycles. The van der Waals surface area contributed by atoms with Gasteiger partial charge in [0.25, 0.3) is 5.92 Å². The standard InChI is InChI=1S/C17H22F2N2O2/c18-16(19)4-6-20(10-16)12-7-11-8-15(22)23-17(11)9-13(12)21-5-2-1-3-14(17)21/h8,12-14H,1-7,9-10H2. The predicted octanol–water partition coefficient (Wildman–Crippen LogP) is 1.95. The van der Waals surface area contributed by atoms with Crippen LogP contribution in [-0.4, -0.2) is 65.1 Å². The number of piperidine rings is 1. The topological polar surface area (TPSA) is 32.8 Å². The summed E-state index contributed by atoms with van der Waals surface area (Å²) in [7, 11) is 0. The number of rotatable bonds is 1. The number of hydrogen-bond acceptors (Lipinski definition) is 4. The molecule has 4 aliphatic heterocycles. The summed E-state index contributed by atoms with van der Waals surface area (Å²) in [5.74, 6) is -2.80. The van der Waals surface area contributed by atoms with Crippen molar-refractivity contribution in [2.24, 2.45) is 0 Å². The summed E-state index contributed by atoms with van der Waals surface area (Å²) in [6.07, 6.45) is 6.46. The lowest BCUT2D eigenvalue weighted by atomic mass is 9.75.